The van der Waals surface area contributed by atoms with E-state index in [1.807, 2.05) is 0 Å². The van der Waals surface area contributed by atoms with Crippen LogP contribution >= 0.6 is 10.6 Å². The van der Waals surface area contributed by atoms with Crippen molar-refractivity contribution >= 4 is 10.6 Å². The maximum atomic E-state index is 9.18. The second-order valence-electron chi connectivity index (χ2n) is 2.18. The molecule has 0 amide bonds. The van der Waals surface area contributed by atoms with Gasteiger partial charge in [0, 0.05) is 5.25 Å². The molecule has 10 heavy (non-hydrogen) atoms. The van der Waals surface area contributed by atoms with E-state index in [1.54, 1.807) is 19.9 Å². The molecule has 0 aromatic heterocycles. The minimum absolute atomic E-state index is 0.137. The van der Waals surface area contributed by atoms with Crippen molar-refractivity contribution in [1.29, 1.82) is 5.26 Å². The largest absolute Gasteiger partial charge is 0.294 e. The van der Waals surface area contributed by atoms with E-state index in [1.165, 1.54) is 0 Å². The zero-order chi connectivity index (χ0) is 8.36. The van der Waals surface area contributed by atoms with Gasteiger partial charge in [0.05, 0.1) is 0 Å². The van der Waals surface area contributed by atoms with Gasteiger partial charge in [-0.1, -0.05) is 6.58 Å². The van der Waals surface area contributed by atoms with E-state index < -0.39 is 10.6 Å². The summed E-state index contributed by atoms with van der Waals surface area (Å²) in [6, 6.07) is 1.63. The molecule has 0 unspecified atom stereocenters. The van der Waals surface area contributed by atoms with Crippen LogP contribution in [0.5, 0.6) is 0 Å². The Labute approximate surface area is 62.3 Å². The highest BCUT2D eigenvalue weighted by Crippen LogP contribution is 2.50. The van der Waals surface area contributed by atoms with E-state index in [2.05, 4.69) is 6.58 Å². The minimum Gasteiger partial charge on any atom is -0.294 e. The fourth-order valence-electron chi connectivity index (χ4n) is 0.352. The van der Waals surface area contributed by atoms with Crippen molar-refractivity contribution in [3.05, 3.63) is 11.5 Å². The van der Waals surface area contributed by atoms with Gasteiger partial charge in [0.2, 0.25) is 0 Å². The highest BCUT2D eigenvalue weighted by atomic mass is 32.3. The van der Waals surface area contributed by atoms with Gasteiger partial charge >= 0.3 is 0 Å². The maximum absolute atomic E-state index is 9.18. The Hall–Kier alpha value is -0.500. The third-order valence-corrected chi connectivity index (χ3v) is 3.28. The van der Waals surface area contributed by atoms with Crippen molar-refractivity contribution in [3.8, 4) is 6.07 Å². The smallest absolute Gasteiger partial charge is 0.129 e. The van der Waals surface area contributed by atoms with E-state index in [4.69, 9.17) is 5.26 Å². The van der Waals surface area contributed by atoms with Crippen LogP contribution in [-0.2, 0) is 0 Å². The summed E-state index contributed by atoms with van der Waals surface area (Å²) in [6.07, 6.45) is 0. The molecule has 0 aliphatic rings. The molecule has 0 aliphatic carbocycles. The highest BCUT2D eigenvalue weighted by Gasteiger charge is 2.20. The average Bonchev–Trinajstić information content (AvgIpc) is 1.86. The number of rotatable bonds is 2. The topological polar surface area (TPSA) is 64.2 Å². The fourth-order valence-corrected chi connectivity index (χ4v) is 1.06. The molecular formula is C6H11NO2S. The summed E-state index contributed by atoms with van der Waals surface area (Å²) in [4.78, 5) is -0.137. The SMILES string of the molecule is C=C(C#N)S(O)(O)C(C)C. The zero-order valence-corrected chi connectivity index (χ0v) is 6.85. The van der Waals surface area contributed by atoms with E-state index in [-0.39, 0.29) is 10.2 Å². The summed E-state index contributed by atoms with van der Waals surface area (Å²) in [5.41, 5.74) is 0. The van der Waals surface area contributed by atoms with E-state index in [0.29, 0.717) is 0 Å². The molecule has 0 fully saturated rings. The van der Waals surface area contributed by atoms with Gasteiger partial charge in [-0.15, -0.1) is 0 Å². The minimum atomic E-state index is -2.88. The van der Waals surface area contributed by atoms with Crippen LogP contribution in [0.15, 0.2) is 11.5 Å². The van der Waals surface area contributed by atoms with Crippen LogP contribution in [0.4, 0.5) is 0 Å². The van der Waals surface area contributed by atoms with Crippen molar-refractivity contribution in [2.24, 2.45) is 0 Å². The molecule has 0 rings (SSSR count). The Kier molecular flexibility index (Phi) is 2.91. The molecule has 0 spiro atoms. The molecule has 0 saturated heterocycles. The predicted molar refractivity (Wildman–Crippen MR) is 42.7 cm³/mol. The lowest BCUT2D eigenvalue weighted by molar-refractivity contribution is 0.487. The molecule has 0 heterocycles. The molecule has 0 aromatic rings. The second kappa shape index (κ2) is 3.06. The van der Waals surface area contributed by atoms with Gasteiger partial charge in [-0.05, 0) is 13.8 Å². The molecule has 0 saturated carbocycles. The first kappa shape index (κ1) is 9.50. The first-order valence-corrected chi connectivity index (χ1v) is 4.40. The van der Waals surface area contributed by atoms with Gasteiger partial charge in [-0.25, -0.2) is 0 Å². The van der Waals surface area contributed by atoms with Crippen molar-refractivity contribution in [1.82, 2.24) is 0 Å². The summed E-state index contributed by atoms with van der Waals surface area (Å²) in [6.45, 7) is 6.52. The van der Waals surface area contributed by atoms with Gasteiger partial charge in [-0.2, -0.15) is 15.9 Å². The van der Waals surface area contributed by atoms with Crippen LogP contribution in [0.25, 0.3) is 0 Å². The molecule has 0 aromatic carbocycles. The van der Waals surface area contributed by atoms with Crippen molar-refractivity contribution in [3.63, 3.8) is 0 Å². The van der Waals surface area contributed by atoms with E-state index in [9.17, 15) is 9.11 Å². The van der Waals surface area contributed by atoms with Crippen LogP contribution < -0.4 is 0 Å². The van der Waals surface area contributed by atoms with Crippen LogP contribution in [-0.4, -0.2) is 14.4 Å². The Balaban J connectivity index is 4.44. The monoisotopic (exact) mass is 161 g/mol. The standard InChI is InChI=1S/C6H11NO2S/c1-5(2)10(8,9)6(3)4-7/h5,8-9H,3H2,1-2H3. The fraction of sp³-hybridized carbons (Fsp3) is 0.500. The maximum Gasteiger partial charge on any atom is 0.129 e. The van der Waals surface area contributed by atoms with Gasteiger partial charge in [0.1, 0.15) is 11.0 Å². The number of hydrogen-bond acceptors (Lipinski definition) is 3. The lowest BCUT2D eigenvalue weighted by atomic mass is 10.6. The quantitative estimate of drug-likeness (QED) is 0.610. The molecule has 0 aliphatic heterocycles. The van der Waals surface area contributed by atoms with Crippen LogP contribution in [0.2, 0.25) is 0 Å². The highest BCUT2D eigenvalue weighted by molar-refractivity contribution is 8.28. The van der Waals surface area contributed by atoms with Crippen molar-refractivity contribution in [2.45, 2.75) is 19.1 Å². The average molecular weight is 161 g/mol. The Morgan fingerprint density at radius 3 is 2.10 bits per heavy atom. The Bertz CT molecular complexity index is 181. The molecule has 4 heteroatoms. The van der Waals surface area contributed by atoms with Crippen LogP contribution in [0.1, 0.15) is 13.8 Å². The number of allylic oxidation sites excluding steroid dienone is 1. The van der Waals surface area contributed by atoms with Gasteiger partial charge in [0.25, 0.3) is 0 Å². The van der Waals surface area contributed by atoms with Gasteiger partial charge in [-0.3, -0.25) is 9.11 Å². The molecule has 0 bridgehead atoms. The molecule has 58 valence electrons. The van der Waals surface area contributed by atoms with Crippen molar-refractivity contribution in [2.75, 3.05) is 0 Å². The third kappa shape index (κ3) is 1.74. The van der Waals surface area contributed by atoms with Crippen molar-refractivity contribution < 1.29 is 9.11 Å². The molecule has 2 N–H and O–H groups in total. The van der Waals surface area contributed by atoms with E-state index in [0.717, 1.165) is 0 Å². The first-order chi connectivity index (χ1) is 4.42. The van der Waals surface area contributed by atoms with E-state index >= 15 is 0 Å². The summed E-state index contributed by atoms with van der Waals surface area (Å²) in [5, 5.41) is 7.94. The first-order valence-electron chi connectivity index (χ1n) is 2.79. The number of nitrogens with zero attached hydrogens (tertiary/aromatic N) is 1. The van der Waals surface area contributed by atoms with Gasteiger partial charge < -0.3 is 0 Å². The molecule has 0 atom stereocenters. The second-order valence-corrected chi connectivity index (χ2v) is 4.80. The van der Waals surface area contributed by atoms with Crippen LogP contribution in [0.3, 0.4) is 0 Å². The summed E-state index contributed by atoms with van der Waals surface area (Å²) >= 11 is 0. The summed E-state index contributed by atoms with van der Waals surface area (Å²) in [7, 11) is -2.88. The number of nitriles is 1. The molecule has 3 nitrogen and oxygen atoms in total. The zero-order valence-electron chi connectivity index (χ0n) is 6.03. The molecular weight excluding hydrogens is 150 g/mol. The Morgan fingerprint density at radius 1 is 1.60 bits per heavy atom. The van der Waals surface area contributed by atoms with Crippen LogP contribution in [0, 0.1) is 11.3 Å². The summed E-state index contributed by atoms with van der Waals surface area (Å²) < 4.78 is 18.4. The third-order valence-electron chi connectivity index (χ3n) is 1.14. The normalized spacial score (nSPS) is 12.8. The lowest BCUT2D eigenvalue weighted by Crippen LogP contribution is -2.10. The molecule has 0 radical (unpaired) electrons. The summed E-state index contributed by atoms with van der Waals surface area (Å²) in [5.74, 6) is 0. The Morgan fingerprint density at radius 2 is 2.00 bits per heavy atom. The predicted octanol–water partition coefficient (Wildman–Crippen LogP) is 2.18. The number of hydrogen-bond donors (Lipinski definition) is 2. The van der Waals surface area contributed by atoms with Gasteiger partial charge in [0.15, 0.2) is 0 Å². The lowest BCUT2D eigenvalue weighted by Gasteiger charge is -2.34.